The van der Waals surface area contributed by atoms with Crippen molar-refractivity contribution in [2.24, 2.45) is 0 Å². The fourth-order valence-electron chi connectivity index (χ4n) is 4.41. The third kappa shape index (κ3) is 5.09. The molecule has 0 aliphatic carbocycles. The number of benzene rings is 1. The van der Waals surface area contributed by atoms with Gasteiger partial charge in [0.05, 0.1) is 10.6 Å². The first-order valence-corrected chi connectivity index (χ1v) is 12.9. The molecule has 1 aliphatic heterocycles. The van der Waals surface area contributed by atoms with Crippen LogP contribution >= 0.6 is 0 Å². The van der Waals surface area contributed by atoms with E-state index < -0.39 is 10.0 Å². The van der Waals surface area contributed by atoms with Crippen molar-refractivity contribution in [2.75, 3.05) is 18.4 Å². The fraction of sp³-hybridized carbons (Fsp3) is 0.458. The van der Waals surface area contributed by atoms with Crippen molar-refractivity contribution >= 4 is 27.3 Å². The maximum absolute atomic E-state index is 12.9. The predicted octanol–water partition coefficient (Wildman–Crippen LogP) is 3.79. The Morgan fingerprint density at radius 2 is 1.70 bits per heavy atom. The van der Waals surface area contributed by atoms with E-state index in [0.29, 0.717) is 31.6 Å². The van der Waals surface area contributed by atoms with Gasteiger partial charge in [-0.1, -0.05) is 12.8 Å². The van der Waals surface area contributed by atoms with E-state index >= 15 is 0 Å². The Balaban J connectivity index is 1.40. The standard InChI is InChI=1S/C24H31N5O3S/c1-17-16-23-25-18(2)22(19(3)29(23)27-17)12-13-24(30)26-20-8-10-21(11-9-20)33(31,32)28-14-6-4-5-7-15-28/h8-11,16H,4-7,12-15H2,1-3H3,(H,26,30). The van der Waals surface area contributed by atoms with E-state index in [1.54, 1.807) is 28.6 Å². The highest BCUT2D eigenvalue weighted by atomic mass is 32.2. The van der Waals surface area contributed by atoms with E-state index in [1.807, 2.05) is 31.4 Å². The van der Waals surface area contributed by atoms with Crippen molar-refractivity contribution in [2.45, 2.75) is 64.2 Å². The number of rotatable bonds is 6. The summed E-state index contributed by atoms with van der Waals surface area (Å²) in [4.78, 5) is 17.4. The lowest BCUT2D eigenvalue weighted by Crippen LogP contribution is -2.31. The van der Waals surface area contributed by atoms with Crippen molar-refractivity contribution in [1.29, 1.82) is 0 Å². The third-order valence-electron chi connectivity index (χ3n) is 6.23. The van der Waals surface area contributed by atoms with Crippen LogP contribution in [-0.2, 0) is 21.2 Å². The number of sulfonamides is 1. The molecule has 1 aliphatic rings. The second-order valence-corrected chi connectivity index (χ2v) is 10.6. The molecule has 0 radical (unpaired) electrons. The topological polar surface area (TPSA) is 96.7 Å². The van der Waals surface area contributed by atoms with Crippen LogP contribution in [0.2, 0.25) is 0 Å². The summed E-state index contributed by atoms with van der Waals surface area (Å²) in [6.45, 7) is 7.01. The molecule has 3 aromatic rings. The number of carbonyl (C=O) groups is 1. The van der Waals surface area contributed by atoms with Crippen molar-refractivity contribution in [3.8, 4) is 0 Å². The molecule has 3 heterocycles. The summed E-state index contributed by atoms with van der Waals surface area (Å²) in [7, 11) is -3.50. The highest BCUT2D eigenvalue weighted by Gasteiger charge is 2.25. The molecule has 0 bridgehead atoms. The summed E-state index contributed by atoms with van der Waals surface area (Å²) in [6, 6.07) is 8.38. The molecule has 0 unspecified atom stereocenters. The second-order valence-electron chi connectivity index (χ2n) is 8.71. The summed E-state index contributed by atoms with van der Waals surface area (Å²) in [5.74, 6) is -0.131. The molecule has 1 N–H and O–H groups in total. The van der Waals surface area contributed by atoms with E-state index in [-0.39, 0.29) is 10.8 Å². The molecule has 8 nitrogen and oxygen atoms in total. The largest absolute Gasteiger partial charge is 0.326 e. The van der Waals surface area contributed by atoms with Crippen LogP contribution < -0.4 is 5.32 Å². The van der Waals surface area contributed by atoms with E-state index in [1.165, 1.54) is 0 Å². The van der Waals surface area contributed by atoms with Crippen molar-refractivity contribution in [3.63, 3.8) is 0 Å². The van der Waals surface area contributed by atoms with E-state index in [2.05, 4.69) is 15.4 Å². The lowest BCUT2D eigenvalue weighted by atomic mass is 10.1. The molecule has 0 saturated carbocycles. The van der Waals surface area contributed by atoms with Crippen molar-refractivity contribution in [1.82, 2.24) is 18.9 Å². The fourth-order valence-corrected chi connectivity index (χ4v) is 5.92. The minimum atomic E-state index is -3.50. The Bertz CT molecular complexity index is 1260. The predicted molar refractivity (Wildman–Crippen MR) is 128 cm³/mol. The molecule has 1 fully saturated rings. The number of fused-ring (bicyclic) bond motifs is 1. The zero-order valence-corrected chi connectivity index (χ0v) is 20.3. The average molecular weight is 470 g/mol. The maximum atomic E-state index is 12.9. The van der Waals surface area contributed by atoms with Gasteiger partial charge in [0.15, 0.2) is 5.65 Å². The summed E-state index contributed by atoms with van der Waals surface area (Å²) in [5.41, 5.74) is 5.20. The quantitative estimate of drug-likeness (QED) is 0.592. The molecule has 0 atom stereocenters. The van der Waals surface area contributed by atoms with Crippen LogP contribution in [0, 0.1) is 20.8 Å². The Morgan fingerprint density at radius 1 is 1.03 bits per heavy atom. The Hall–Kier alpha value is -2.78. The van der Waals surface area contributed by atoms with Crippen molar-refractivity contribution < 1.29 is 13.2 Å². The van der Waals surface area contributed by atoms with Gasteiger partial charge in [-0.25, -0.2) is 17.9 Å². The molecular weight excluding hydrogens is 438 g/mol. The average Bonchev–Trinajstić information content (AvgIpc) is 2.97. The van der Waals surface area contributed by atoms with Gasteiger partial charge >= 0.3 is 0 Å². The van der Waals surface area contributed by atoms with Gasteiger partial charge in [0.25, 0.3) is 0 Å². The SMILES string of the molecule is Cc1cc2nc(C)c(CCC(=O)Nc3ccc(S(=O)(=O)N4CCCCCC4)cc3)c(C)n2n1. The summed E-state index contributed by atoms with van der Waals surface area (Å²) < 4.78 is 29.2. The molecule has 9 heteroatoms. The van der Waals surface area contributed by atoms with Crippen LogP contribution in [0.25, 0.3) is 5.65 Å². The lowest BCUT2D eigenvalue weighted by molar-refractivity contribution is -0.116. The third-order valence-corrected chi connectivity index (χ3v) is 8.14. The number of hydrogen-bond donors (Lipinski definition) is 1. The number of nitrogens with zero attached hydrogens (tertiary/aromatic N) is 4. The smallest absolute Gasteiger partial charge is 0.243 e. The van der Waals surface area contributed by atoms with Crippen LogP contribution in [0.5, 0.6) is 0 Å². The first-order valence-electron chi connectivity index (χ1n) is 11.5. The summed E-state index contributed by atoms with van der Waals surface area (Å²) >= 11 is 0. The first-order chi connectivity index (χ1) is 15.8. The maximum Gasteiger partial charge on any atom is 0.243 e. The minimum Gasteiger partial charge on any atom is -0.326 e. The normalized spacial score (nSPS) is 15.5. The molecule has 33 heavy (non-hydrogen) atoms. The van der Waals surface area contributed by atoms with Crippen LogP contribution in [0.15, 0.2) is 35.2 Å². The van der Waals surface area contributed by atoms with Crippen LogP contribution in [0.1, 0.15) is 54.7 Å². The Kier molecular flexibility index (Phi) is 6.81. The van der Waals surface area contributed by atoms with E-state index in [9.17, 15) is 13.2 Å². The van der Waals surface area contributed by atoms with Gasteiger partial charge in [0.2, 0.25) is 15.9 Å². The monoisotopic (exact) mass is 469 g/mol. The number of aromatic nitrogens is 3. The summed E-state index contributed by atoms with van der Waals surface area (Å²) in [6.07, 6.45) is 4.78. The number of hydrogen-bond acceptors (Lipinski definition) is 5. The molecule has 1 aromatic carbocycles. The Labute approximate surface area is 195 Å². The van der Waals surface area contributed by atoms with Gasteiger partial charge in [-0.3, -0.25) is 4.79 Å². The molecular formula is C24H31N5O3S. The van der Waals surface area contributed by atoms with E-state index in [4.69, 9.17) is 0 Å². The van der Waals surface area contributed by atoms with Gasteiger partial charge in [-0.05, 0) is 69.9 Å². The molecule has 1 saturated heterocycles. The highest BCUT2D eigenvalue weighted by molar-refractivity contribution is 7.89. The highest BCUT2D eigenvalue weighted by Crippen LogP contribution is 2.22. The second kappa shape index (κ2) is 9.61. The molecule has 1 amide bonds. The first kappa shape index (κ1) is 23.4. The number of anilines is 1. The molecule has 176 valence electrons. The molecule has 0 spiro atoms. The van der Waals surface area contributed by atoms with Crippen molar-refractivity contribution in [3.05, 3.63) is 53.0 Å². The van der Waals surface area contributed by atoms with Gasteiger partial charge in [-0.15, -0.1) is 0 Å². The van der Waals surface area contributed by atoms with Crippen LogP contribution in [0.4, 0.5) is 5.69 Å². The Morgan fingerprint density at radius 3 is 2.36 bits per heavy atom. The van der Waals surface area contributed by atoms with Gasteiger partial charge in [0, 0.05) is 42.7 Å². The van der Waals surface area contributed by atoms with E-state index in [0.717, 1.165) is 54.0 Å². The molecule has 2 aromatic heterocycles. The van der Waals surface area contributed by atoms with Gasteiger partial charge < -0.3 is 5.32 Å². The van der Waals surface area contributed by atoms with Crippen LogP contribution in [0.3, 0.4) is 0 Å². The number of aryl methyl sites for hydroxylation is 3. The van der Waals surface area contributed by atoms with Crippen LogP contribution in [-0.4, -0.2) is 46.3 Å². The van der Waals surface area contributed by atoms with Gasteiger partial charge in [-0.2, -0.15) is 9.40 Å². The number of amides is 1. The molecule has 4 rings (SSSR count). The zero-order chi connectivity index (χ0) is 23.6. The minimum absolute atomic E-state index is 0.131. The lowest BCUT2D eigenvalue weighted by Gasteiger charge is -2.20. The summed E-state index contributed by atoms with van der Waals surface area (Å²) in [5, 5.41) is 7.35. The van der Waals surface area contributed by atoms with Gasteiger partial charge in [0.1, 0.15) is 0 Å². The number of nitrogens with one attached hydrogen (secondary N) is 1. The number of carbonyl (C=O) groups excluding carboxylic acids is 1. The zero-order valence-electron chi connectivity index (χ0n) is 19.5.